The van der Waals surface area contributed by atoms with Gasteiger partial charge in [-0.15, -0.1) is 0 Å². The van der Waals surface area contributed by atoms with E-state index in [4.69, 9.17) is 0 Å². The molecule has 0 radical (unpaired) electrons. The summed E-state index contributed by atoms with van der Waals surface area (Å²) < 4.78 is 0. The summed E-state index contributed by atoms with van der Waals surface area (Å²) in [5.41, 5.74) is 0.584. The molecule has 0 unspecified atom stereocenters. The van der Waals surface area contributed by atoms with Crippen molar-refractivity contribution in [3.05, 3.63) is 23.9 Å². The molecule has 0 atom stereocenters. The molecule has 1 rings (SSSR count). The van der Waals surface area contributed by atoms with Crippen LogP contribution in [-0.2, 0) is 0 Å². The fourth-order valence-electron chi connectivity index (χ4n) is 1.14. The molecule has 0 bridgehead atoms. The Bertz CT molecular complexity index is 330. The molecule has 1 aromatic rings. The first-order chi connectivity index (χ1) is 7.29. The Balaban J connectivity index is 2.73. The minimum atomic E-state index is -0.116. The van der Waals surface area contributed by atoms with Gasteiger partial charge in [0.2, 0.25) is 0 Å². The second-order valence-electron chi connectivity index (χ2n) is 2.90. The highest BCUT2D eigenvalue weighted by Crippen LogP contribution is 2.10. The molecule has 0 aliphatic rings. The molecular weight excluding hydrogens is 210 g/mol. The molecule has 82 valence electrons. The van der Waals surface area contributed by atoms with E-state index in [1.807, 2.05) is 6.26 Å². The zero-order valence-corrected chi connectivity index (χ0v) is 9.73. The highest BCUT2D eigenvalue weighted by Gasteiger charge is 2.09. The predicted molar refractivity (Wildman–Crippen MR) is 64.5 cm³/mol. The predicted octanol–water partition coefficient (Wildman–Crippen LogP) is 1.22. The van der Waals surface area contributed by atoms with Crippen LogP contribution in [0.5, 0.6) is 0 Å². The van der Waals surface area contributed by atoms with E-state index in [2.05, 4.69) is 15.6 Å². The SMILES string of the molecule is CNC(=O)c1cccnc1NCCSC. The molecule has 0 saturated heterocycles. The van der Waals surface area contributed by atoms with Gasteiger partial charge in [-0.3, -0.25) is 4.79 Å². The van der Waals surface area contributed by atoms with Gasteiger partial charge in [-0.05, 0) is 18.4 Å². The second kappa shape index (κ2) is 6.29. The summed E-state index contributed by atoms with van der Waals surface area (Å²) in [5, 5.41) is 5.72. The average molecular weight is 225 g/mol. The van der Waals surface area contributed by atoms with Crippen molar-refractivity contribution < 1.29 is 4.79 Å². The van der Waals surface area contributed by atoms with E-state index < -0.39 is 0 Å². The quantitative estimate of drug-likeness (QED) is 0.740. The smallest absolute Gasteiger partial charge is 0.254 e. The van der Waals surface area contributed by atoms with E-state index in [-0.39, 0.29) is 5.91 Å². The summed E-state index contributed by atoms with van der Waals surface area (Å²) in [7, 11) is 1.61. The molecule has 0 spiro atoms. The van der Waals surface area contributed by atoms with Crippen LogP contribution in [0, 0.1) is 0 Å². The van der Waals surface area contributed by atoms with Crippen molar-refractivity contribution in [3.63, 3.8) is 0 Å². The fourth-order valence-corrected chi connectivity index (χ4v) is 1.44. The maximum atomic E-state index is 11.5. The zero-order valence-electron chi connectivity index (χ0n) is 8.91. The van der Waals surface area contributed by atoms with Crippen LogP contribution in [0.15, 0.2) is 18.3 Å². The number of pyridine rings is 1. The summed E-state index contributed by atoms with van der Waals surface area (Å²) in [4.78, 5) is 15.6. The molecule has 4 nitrogen and oxygen atoms in total. The number of carbonyl (C=O) groups is 1. The maximum Gasteiger partial charge on any atom is 0.254 e. The summed E-state index contributed by atoms with van der Waals surface area (Å²) in [6.45, 7) is 0.808. The first kappa shape index (κ1) is 11.8. The lowest BCUT2D eigenvalue weighted by Gasteiger charge is -2.08. The molecule has 0 fully saturated rings. The number of thioether (sulfide) groups is 1. The largest absolute Gasteiger partial charge is 0.369 e. The van der Waals surface area contributed by atoms with Crippen molar-refractivity contribution in [2.24, 2.45) is 0 Å². The van der Waals surface area contributed by atoms with Crippen molar-refractivity contribution in [1.82, 2.24) is 10.3 Å². The number of nitrogens with zero attached hydrogens (tertiary/aromatic N) is 1. The number of nitrogens with one attached hydrogen (secondary N) is 2. The molecule has 0 aliphatic heterocycles. The minimum absolute atomic E-state index is 0.116. The van der Waals surface area contributed by atoms with Crippen molar-refractivity contribution in [3.8, 4) is 0 Å². The standard InChI is InChI=1S/C10H15N3OS/c1-11-10(14)8-4-3-5-12-9(8)13-6-7-15-2/h3-5H,6-7H2,1-2H3,(H,11,14)(H,12,13). The number of hydrogen-bond donors (Lipinski definition) is 2. The normalized spacial score (nSPS) is 9.73. The van der Waals surface area contributed by atoms with Crippen LogP contribution in [-0.4, -0.2) is 36.5 Å². The Morgan fingerprint density at radius 3 is 3.07 bits per heavy atom. The lowest BCUT2D eigenvalue weighted by molar-refractivity contribution is 0.0963. The molecule has 1 amide bonds. The van der Waals surface area contributed by atoms with Crippen LogP contribution in [0.4, 0.5) is 5.82 Å². The van der Waals surface area contributed by atoms with E-state index in [0.717, 1.165) is 12.3 Å². The summed E-state index contributed by atoms with van der Waals surface area (Å²) in [6.07, 6.45) is 3.72. The van der Waals surface area contributed by atoms with Gasteiger partial charge in [-0.25, -0.2) is 4.98 Å². The first-order valence-electron chi connectivity index (χ1n) is 4.69. The lowest BCUT2D eigenvalue weighted by Crippen LogP contribution is -2.20. The van der Waals surface area contributed by atoms with E-state index >= 15 is 0 Å². The van der Waals surface area contributed by atoms with Gasteiger partial charge in [0.15, 0.2) is 0 Å². The number of rotatable bonds is 5. The van der Waals surface area contributed by atoms with E-state index in [0.29, 0.717) is 11.4 Å². The van der Waals surface area contributed by atoms with Crippen molar-refractivity contribution in [2.75, 3.05) is 30.9 Å². The molecule has 0 saturated carbocycles. The van der Waals surface area contributed by atoms with Crippen LogP contribution < -0.4 is 10.6 Å². The fraction of sp³-hybridized carbons (Fsp3) is 0.400. The Morgan fingerprint density at radius 2 is 2.40 bits per heavy atom. The monoisotopic (exact) mass is 225 g/mol. The van der Waals surface area contributed by atoms with Gasteiger partial charge in [0.25, 0.3) is 5.91 Å². The molecule has 1 aromatic heterocycles. The molecule has 0 aliphatic carbocycles. The van der Waals surface area contributed by atoms with Gasteiger partial charge < -0.3 is 10.6 Å². The third-order valence-electron chi connectivity index (χ3n) is 1.88. The van der Waals surface area contributed by atoms with Crippen LogP contribution in [0.3, 0.4) is 0 Å². The molecule has 0 aromatic carbocycles. The number of hydrogen-bond acceptors (Lipinski definition) is 4. The van der Waals surface area contributed by atoms with Crippen LogP contribution in [0.25, 0.3) is 0 Å². The Morgan fingerprint density at radius 1 is 1.60 bits per heavy atom. The van der Waals surface area contributed by atoms with Gasteiger partial charge in [-0.1, -0.05) is 0 Å². The summed E-state index contributed by atoms with van der Waals surface area (Å²) in [5.74, 6) is 1.52. The van der Waals surface area contributed by atoms with Crippen molar-refractivity contribution in [1.29, 1.82) is 0 Å². The lowest BCUT2D eigenvalue weighted by atomic mass is 10.2. The van der Waals surface area contributed by atoms with Crippen molar-refractivity contribution in [2.45, 2.75) is 0 Å². The van der Waals surface area contributed by atoms with Crippen LogP contribution in [0.1, 0.15) is 10.4 Å². The van der Waals surface area contributed by atoms with Gasteiger partial charge in [0.05, 0.1) is 5.56 Å². The highest BCUT2D eigenvalue weighted by molar-refractivity contribution is 7.98. The van der Waals surface area contributed by atoms with Gasteiger partial charge >= 0.3 is 0 Å². The topological polar surface area (TPSA) is 54.0 Å². The molecule has 15 heavy (non-hydrogen) atoms. The highest BCUT2D eigenvalue weighted by atomic mass is 32.2. The first-order valence-corrected chi connectivity index (χ1v) is 6.09. The van der Waals surface area contributed by atoms with Crippen LogP contribution in [0.2, 0.25) is 0 Å². The molecular formula is C10H15N3OS. The summed E-state index contributed by atoms with van der Waals surface area (Å²) >= 11 is 1.75. The number of amides is 1. The van der Waals surface area contributed by atoms with Crippen molar-refractivity contribution >= 4 is 23.5 Å². The van der Waals surface area contributed by atoms with Crippen LogP contribution >= 0.6 is 11.8 Å². The molecule has 1 heterocycles. The maximum absolute atomic E-state index is 11.5. The Kier molecular flexibility index (Phi) is 4.97. The van der Waals surface area contributed by atoms with Gasteiger partial charge in [0.1, 0.15) is 5.82 Å². The van der Waals surface area contributed by atoms with E-state index in [9.17, 15) is 4.79 Å². The second-order valence-corrected chi connectivity index (χ2v) is 3.88. The van der Waals surface area contributed by atoms with E-state index in [1.165, 1.54) is 0 Å². The Hall–Kier alpha value is -1.23. The number of aromatic nitrogens is 1. The average Bonchev–Trinajstić information content (AvgIpc) is 2.29. The molecule has 5 heteroatoms. The van der Waals surface area contributed by atoms with E-state index in [1.54, 1.807) is 37.1 Å². The third-order valence-corrected chi connectivity index (χ3v) is 2.49. The number of anilines is 1. The van der Waals surface area contributed by atoms with Gasteiger partial charge in [0, 0.05) is 25.5 Å². The van der Waals surface area contributed by atoms with Gasteiger partial charge in [-0.2, -0.15) is 11.8 Å². The zero-order chi connectivity index (χ0) is 11.1. The third kappa shape index (κ3) is 3.43. The number of carbonyl (C=O) groups excluding carboxylic acids is 1. The minimum Gasteiger partial charge on any atom is -0.369 e. The molecule has 2 N–H and O–H groups in total. The summed E-state index contributed by atoms with van der Waals surface area (Å²) in [6, 6.07) is 3.51. The Labute approximate surface area is 93.9 Å².